The van der Waals surface area contributed by atoms with Gasteiger partial charge in [0.25, 0.3) is 0 Å². The van der Waals surface area contributed by atoms with Crippen molar-refractivity contribution in [1.29, 1.82) is 0 Å². The Morgan fingerprint density at radius 1 is 1.24 bits per heavy atom. The number of hydrogen-bond acceptors (Lipinski definition) is 2. The monoisotopic (exact) mass is 246 g/mol. The summed E-state index contributed by atoms with van der Waals surface area (Å²) in [5.41, 5.74) is 3.46. The van der Waals surface area contributed by atoms with Crippen molar-refractivity contribution in [2.75, 3.05) is 13.2 Å². The van der Waals surface area contributed by atoms with Crippen molar-refractivity contribution in [3.63, 3.8) is 0 Å². The minimum atomic E-state index is 0.660. The van der Waals surface area contributed by atoms with Gasteiger partial charge in [-0.05, 0) is 24.6 Å². The first-order valence-electron chi connectivity index (χ1n) is 6.01. The summed E-state index contributed by atoms with van der Waals surface area (Å²) in [5.74, 6) is 1.95. The first kappa shape index (κ1) is 12.0. The molecule has 0 saturated carbocycles. The van der Waals surface area contributed by atoms with Crippen LogP contribution in [0.4, 0.5) is 0 Å². The number of fused-ring (bicyclic) bond motifs is 1. The third-order valence-electron chi connectivity index (χ3n) is 2.96. The Bertz CT molecular complexity index is 489. The van der Waals surface area contributed by atoms with Gasteiger partial charge in [-0.1, -0.05) is 24.8 Å². The first-order valence-corrected chi connectivity index (χ1v) is 7.01. The van der Waals surface area contributed by atoms with Crippen LogP contribution in [0.15, 0.2) is 18.7 Å². The summed E-state index contributed by atoms with van der Waals surface area (Å²) in [6, 6.07) is 4.21. The normalized spacial score (nSPS) is 13.1. The van der Waals surface area contributed by atoms with Gasteiger partial charge in [-0.3, -0.25) is 0 Å². The predicted octanol–water partition coefficient (Wildman–Crippen LogP) is 2.27. The molecule has 1 aliphatic carbocycles. The molecule has 0 radical (unpaired) electrons. The largest absolute Gasteiger partial charge is 0.493 e. The zero-order valence-electron chi connectivity index (χ0n) is 10.7. The average Bonchev–Trinajstić information content (AvgIpc) is 2.35. The molecule has 3 heteroatoms. The molecule has 2 nitrogen and oxygen atoms in total. The Morgan fingerprint density at radius 3 is 2.53 bits per heavy atom. The molecule has 2 rings (SSSR count). The second-order valence-electron chi connectivity index (χ2n) is 3.93. The third-order valence-corrected chi connectivity index (χ3v) is 3.95. The van der Waals surface area contributed by atoms with E-state index in [9.17, 15) is 0 Å². The Balaban J connectivity index is 2.50. The Kier molecular flexibility index (Phi) is 3.38. The third kappa shape index (κ3) is 1.80. The van der Waals surface area contributed by atoms with Gasteiger partial charge in [0, 0.05) is 15.8 Å². The fourth-order valence-corrected chi connectivity index (χ4v) is 2.98. The molecule has 1 aromatic rings. The van der Waals surface area contributed by atoms with Crippen LogP contribution in [0.3, 0.4) is 0 Å². The highest BCUT2D eigenvalue weighted by Crippen LogP contribution is 2.46. The second-order valence-corrected chi connectivity index (χ2v) is 4.93. The summed E-state index contributed by atoms with van der Waals surface area (Å²) in [4.78, 5) is 0. The molecule has 0 spiro atoms. The Hall–Kier alpha value is -1.48. The summed E-state index contributed by atoms with van der Waals surface area (Å²) in [6.45, 7) is 9.20. The molecule has 0 heterocycles. The molecule has 90 valence electrons. The van der Waals surface area contributed by atoms with Gasteiger partial charge in [-0.25, -0.2) is 0 Å². The molecular weight excluding hydrogens is 228 g/mol. The van der Waals surface area contributed by atoms with Gasteiger partial charge < -0.3 is 9.47 Å². The summed E-state index contributed by atoms with van der Waals surface area (Å²) < 4.78 is 11.4. The summed E-state index contributed by atoms with van der Waals surface area (Å²) in [6.07, 6.45) is 1.83. The van der Waals surface area contributed by atoms with Crippen LogP contribution in [0.25, 0.3) is 17.0 Å². The zero-order chi connectivity index (χ0) is 12.4. The topological polar surface area (TPSA) is 18.5 Å². The highest BCUT2D eigenvalue weighted by Gasteiger charge is 2.29. The van der Waals surface area contributed by atoms with Crippen molar-refractivity contribution in [2.45, 2.75) is 13.8 Å². The number of benzene rings is 1. The van der Waals surface area contributed by atoms with Crippen molar-refractivity contribution < 1.29 is 9.47 Å². The van der Waals surface area contributed by atoms with Gasteiger partial charge in [-0.2, -0.15) is 0 Å². The van der Waals surface area contributed by atoms with Crippen LogP contribution in [0.5, 0.6) is 5.75 Å². The maximum atomic E-state index is 5.75. The molecule has 0 bridgehead atoms. The quantitative estimate of drug-likeness (QED) is 0.742. The van der Waals surface area contributed by atoms with Crippen LogP contribution in [0, 0.1) is 0 Å². The van der Waals surface area contributed by atoms with E-state index in [1.54, 1.807) is 0 Å². The highest BCUT2D eigenvalue weighted by atomic mass is 28.1. The van der Waals surface area contributed by atoms with Crippen LogP contribution < -0.4 is 4.74 Å². The lowest BCUT2D eigenvalue weighted by Gasteiger charge is -2.28. The average molecular weight is 246 g/mol. The molecule has 0 aliphatic heterocycles. The molecule has 0 fully saturated rings. The van der Waals surface area contributed by atoms with Crippen molar-refractivity contribution in [2.24, 2.45) is 0 Å². The maximum absolute atomic E-state index is 5.75. The number of hydrogen-bond donors (Lipinski definition) is 0. The van der Waals surface area contributed by atoms with Gasteiger partial charge in [0.05, 0.1) is 18.8 Å². The van der Waals surface area contributed by atoms with E-state index >= 15 is 0 Å². The van der Waals surface area contributed by atoms with Crippen molar-refractivity contribution in [3.8, 4) is 5.75 Å². The zero-order valence-corrected chi connectivity index (χ0v) is 12.7. The van der Waals surface area contributed by atoms with Crippen LogP contribution in [-0.4, -0.2) is 23.5 Å². The SMILES string of the molecule is C=Cc1ccc2c(c1OCC)C(OCC)=C2[SiH3]. The summed E-state index contributed by atoms with van der Waals surface area (Å²) in [7, 11) is 1.00. The van der Waals surface area contributed by atoms with Crippen LogP contribution in [0.1, 0.15) is 30.5 Å². The molecule has 0 amide bonds. The van der Waals surface area contributed by atoms with Gasteiger partial charge in [0.15, 0.2) is 0 Å². The van der Waals surface area contributed by atoms with Gasteiger partial charge >= 0.3 is 0 Å². The number of ether oxygens (including phenoxy) is 2. The molecule has 0 unspecified atom stereocenters. The van der Waals surface area contributed by atoms with Crippen molar-refractivity contribution >= 4 is 27.3 Å². The van der Waals surface area contributed by atoms with E-state index < -0.39 is 0 Å². The van der Waals surface area contributed by atoms with E-state index in [-0.39, 0.29) is 0 Å². The van der Waals surface area contributed by atoms with Crippen molar-refractivity contribution in [3.05, 3.63) is 35.4 Å². The fourth-order valence-electron chi connectivity index (χ4n) is 2.17. The number of rotatable bonds is 5. The molecule has 0 aromatic heterocycles. The summed E-state index contributed by atoms with van der Waals surface area (Å²) >= 11 is 0. The van der Waals surface area contributed by atoms with E-state index in [2.05, 4.69) is 18.7 Å². The van der Waals surface area contributed by atoms with Gasteiger partial charge in [0.1, 0.15) is 11.5 Å². The van der Waals surface area contributed by atoms with E-state index in [0.717, 1.165) is 32.9 Å². The fraction of sp³-hybridized carbons (Fsp3) is 0.286. The van der Waals surface area contributed by atoms with E-state index in [1.807, 2.05) is 19.9 Å². The maximum Gasteiger partial charge on any atom is 0.138 e. The van der Waals surface area contributed by atoms with Gasteiger partial charge in [0.2, 0.25) is 0 Å². The smallest absolute Gasteiger partial charge is 0.138 e. The lowest BCUT2D eigenvalue weighted by Crippen LogP contribution is -2.13. The molecular formula is C14H18O2Si. The van der Waals surface area contributed by atoms with Crippen molar-refractivity contribution in [1.82, 2.24) is 0 Å². The van der Waals surface area contributed by atoms with E-state index in [1.165, 1.54) is 10.8 Å². The standard InChI is InChI=1S/C14H18O2Si/c1-4-9-7-8-10-11(12(9)15-5-2)13(14(10)17)16-6-3/h4,7-8H,1,5-6H2,2-3,17H3. The highest BCUT2D eigenvalue weighted by molar-refractivity contribution is 6.50. The molecule has 0 saturated heterocycles. The molecule has 0 N–H and O–H groups in total. The van der Waals surface area contributed by atoms with Gasteiger partial charge in [-0.15, -0.1) is 0 Å². The predicted molar refractivity (Wildman–Crippen MR) is 76.1 cm³/mol. The van der Waals surface area contributed by atoms with Crippen LogP contribution in [0.2, 0.25) is 0 Å². The molecule has 17 heavy (non-hydrogen) atoms. The lowest BCUT2D eigenvalue weighted by molar-refractivity contribution is 0.290. The molecule has 1 aromatic carbocycles. The molecule has 1 aliphatic rings. The second kappa shape index (κ2) is 4.80. The molecule has 0 atom stereocenters. The Labute approximate surface area is 105 Å². The Morgan fingerprint density at radius 2 is 1.94 bits per heavy atom. The lowest BCUT2D eigenvalue weighted by atomic mass is 9.91. The minimum absolute atomic E-state index is 0.660. The van der Waals surface area contributed by atoms with E-state index in [0.29, 0.717) is 13.2 Å². The van der Waals surface area contributed by atoms with Crippen LogP contribution >= 0.6 is 0 Å². The minimum Gasteiger partial charge on any atom is -0.493 e. The van der Waals surface area contributed by atoms with Crippen LogP contribution in [-0.2, 0) is 4.74 Å². The summed E-state index contributed by atoms with van der Waals surface area (Å²) in [5, 5.41) is 1.35. The first-order chi connectivity index (χ1) is 8.24. The van der Waals surface area contributed by atoms with E-state index in [4.69, 9.17) is 9.47 Å².